The Bertz CT molecular complexity index is 758. The summed E-state index contributed by atoms with van der Waals surface area (Å²) in [6, 6.07) is 11.8. The molecule has 0 spiro atoms. The molecule has 2 aromatic rings. The van der Waals surface area contributed by atoms with Gasteiger partial charge in [0.05, 0.1) is 5.02 Å². The number of nitrogens with one attached hydrogen (secondary N) is 1. The number of sulfonamides is 1. The van der Waals surface area contributed by atoms with Gasteiger partial charge in [-0.15, -0.1) is 0 Å². The maximum Gasteiger partial charge on any atom is 0.242 e. The van der Waals surface area contributed by atoms with Gasteiger partial charge in [0.15, 0.2) is 0 Å². The van der Waals surface area contributed by atoms with Crippen LogP contribution in [0.3, 0.4) is 0 Å². The lowest BCUT2D eigenvalue weighted by Gasteiger charge is -2.18. The quantitative estimate of drug-likeness (QED) is 0.840. The molecule has 3 nitrogen and oxygen atoms in total. The second-order valence-electron chi connectivity index (χ2n) is 5.07. The largest absolute Gasteiger partial charge is 0.242 e. The maximum absolute atomic E-state index is 12.6. The van der Waals surface area contributed by atoms with Gasteiger partial charge in [-0.25, -0.2) is 13.1 Å². The third-order valence-electron chi connectivity index (χ3n) is 3.37. The zero-order chi connectivity index (χ0) is 16.3. The lowest BCUT2D eigenvalue weighted by Crippen LogP contribution is -2.28. The minimum Gasteiger partial charge on any atom is -0.207 e. The molecule has 0 saturated carbocycles. The molecule has 2 aromatic carbocycles. The molecule has 6 heteroatoms. The third-order valence-corrected chi connectivity index (χ3v) is 5.56. The molecule has 0 aliphatic heterocycles. The SMILES string of the molecule is CC[C@H](NS(=O)(=O)c1cc(Cl)ccc1Cl)c1ccc(C)cc1. The number of rotatable bonds is 5. The molecule has 1 atom stereocenters. The molecule has 2 rings (SSSR count). The van der Waals surface area contributed by atoms with Crippen LogP contribution in [0, 0.1) is 6.92 Å². The van der Waals surface area contributed by atoms with Crippen LogP contribution >= 0.6 is 23.2 Å². The van der Waals surface area contributed by atoms with Gasteiger partial charge in [0.1, 0.15) is 4.90 Å². The number of aryl methyl sites for hydroxylation is 1. The van der Waals surface area contributed by atoms with Crippen LogP contribution in [0.25, 0.3) is 0 Å². The fourth-order valence-corrected chi connectivity index (χ4v) is 4.19. The van der Waals surface area contributed by atoms with Gasteiger partial charge in [-0.3, -0.25) is 0 Å². The van der Waals surface area contributed by atoms with E-state index in [1.54, 1.807) is 6.07 Å². The summed E-state index contributed by atoms with van der Waals surface area (Å²) in [7, 11) is -3.75. The van der Waals surface area contributed by atoms with Gasteiger partial charge >= 0.3 is 0 Å². The van der Waals surface area contributed by atoms with Crippen molar-refractivity contribution in [1.82, 2.24) is 4.72 Å². The smallest absolute Gasteiger partial charge is 0.207 e. The summed E-state index contributed by atoms with van der Waals surface area (Å²) in [5.74, 6) is 0. The van der Waals surface area contributed by atoms with Crippen LogP contribution in [-0.4, -0.2) is 8.42 Å². The van der Waals surface area contributed by atoms with E-state index in [2.05, 4.69) is 4.72 Å². The van der Waals surface area contributed by atoms with Crippen LogP contribution < -0.4 is 4.72 Å². The van der Waals surface area contributed by atoms with E-state index in [0.29, 0.717) is 11.4 Å². The molecule has 0 fully saturated rings. The van der Waals surface area contributed by atoms with Crippen LogP contribution in [0.2, 0.25) is 10.0 Å². The molecule has 0 aliphatic carbocycles. The van der Waals surface area contributed by atoms with Crippen LogP contribution in [0.15, 0.2) is 47.4 Å². The average molecular weight is 358 g/mol. The van der Waals surface area contributed by atoms with Crippen LogP contribution in [0.1, 0.15) is 30.5 Å². The van der Waals surface area contributed by atoms with Crippen LogP contribution in [0.4, 0.5) is 0 Å². The van der Waals surface area contributed by atoms with Gasteiger partial charge in [0.25, 0.3) is 0 Å². The Hall–Kier alpha value is -1.07. The highest BCUT2D eigenvalue weighted by atomic mass is 35.5. The first-order chi connectivity index (χ1) is 10.3. The van der Waals surface area contributed by atoms with Crippen molar-refractivity contribution >= 4 is 33.2 Å². The summed E-state index contributed by atoms with van der Waals surface area (Å²) in [6.07, 6.45) is 0.625. The van der Waals surface area contributed by atoms with Crippen LogP contribution in [0.5, 0.6) is 0 Å². The monoisotopic (exact) mass is 357 g/mol. The first kappa shape index (κ1) is 17.3. The van der Waals surface area contributed by atoms with Gasteiger partial charge < -0.3 is 0 Å². The molecule has 0 bridgehead atoms. The zero-order valence-corrected chi connectivity index (χ0v) is 14.6. The van der Waals surface area contributed by atoms with E-state index in [1.807, 2.05) is 38.1 Å². The van der Waals surface area contributed by atoms with E-state index in [4.69, 9.17) is 23.2 Å². The first-order valence-electron chi connectivity index (χ1n) is 6.87. The Morgan fingerprint density at radius 3 is 2.32 bits per heavy atom. The minimum atomic E-state index is -3.75. The Labute approximate surface area is 141 Å². The van der Waals surface area contributed by atoms with E-state index in [1.165, 1.54) is 12.1 Å². The third kappa shape index (κ3) is 4.02. The van der Waals surface area contributed by atoms with E-state index in [9.17, 15) is 8.42 Å². The molecule has 22 heavy (non-hydrogen) atoms. The minimum absolute atomic E-state index is 0.00720. The predicted molar refractivity (Wildman–Crippen MR) is 91.0 cm³/mol. The van der Waals surface area contributed by atoms with Crippen molar-refractivity contribution < 1.29 is 8.42 Å². The molecule has 1 N–H and O–H groups in total. The van der Waals surface area contributed by atoms with Crippen molar-refractivity contribution in [3.8, 4) is 0 Å². The molecule has 118 valence electrons. The molecule has 0 amide bonds. The van der Waals surface area contributed by atoms with Crippen molar-refractivity contribution in [3.05, 3.63) is 63.6 Å². The molecule has 0 heterocycles. The van der Waals surface area contributed by atoms with Crippen LogP contribution in [-0.2, 0) is 10.0 Å². The zero-order valence-electron chi connectivity index (χ0n) is 12.3. The highest BCUT2D eigenvalue weighted by molar-refractivity contribution is 7.89. The maximum atomic E-state index is 12.6. The summed E-state index contributed by atoms with van der Waals surface area (Å²) in [5, 5.41) is 0.476. The topological polar surface area (TPSA) is 46.2 Å². The molecule has 0 radical (unpaired) electrons. The highest BCUT2D eigenvalue weighted by Gasteiger charge is 2.23. The molecular weight excluding hydrogens is 341 g/mol. The van der Waals surface area contributed by atoms with Crippen molar-refractivity contribution in [2.45, 2.75) is 31.2 Å². The summed E-state index contributed by atoms with van der Waals surface area (Å²) in [6.45, 7) is 3.91. The lowest BCUT2D eigenvalue weighted by molar-refractivity contribution is 0.550. The van der Waals surface area contributed by atoms with Crippen molar-refractivity contribution in [2.75, 3.05) is 0 Å². The van der Waals surface area contributed by atoms with E-state index in [-0.39, 0.29) is 16.0 Å². The molecule has 0 saturated heterocycles. The van der Waals surface area contributed by atoms with Crippen molar-refractivity contribution in [2.24, 2.45) is 0 Å². The van der Waals surface area contributed by atoms with Gasteiger partial charge in [0.2, 0.25) is 10.0 Å². The molecular formula is C16H17Cl2NO2S. The summed E-state index contributed by atoms with van der Waals surface area (Å²) < 4.78 is 27.8. The summed E-state index contributed by atoms with van der Waals surface area (Å²) in [4.78, 5) is -0.00720. The highest BCUT2D eigenvalue weighted by Crippen LogP contribution is 2.27. The standard InChI is InChI=1S/C16H17Cl2NO2S/c1-3-15(12-6-4-11(2)5-7-12)19-22(20,21)16-10-13(17)8-9-14(16)18/h4-10,15,19H,3H2,1-2H3/t15-/m0/s1. The molecule has 0 aromatic heterocycles. The van der Waals surface area contributed by atoms with Crippen molar-refractivity contribution in [3.63, 3.8) is 0 Å². The Morgan fingerprint density at radius 2 is 1.73 bits per heavy atom. The van der Waals surface area contributed by atoms with Gasteiger partial charge in [-0.05, 0) is 37.1 Å². The van der Waals surface area contributed by atoms with E-state index >= 15 is 0 Å². The Balaban J connectivity index is 2.33. The average Bonchev–Trinajstić information content (AvgIpc) is 2.48. The van der Waals surface area contributed by atoms with E-state index < -0.39 is 10.0 Å². The fourth-order valence-electron chi connectivity index (χ4n) is 2.12. The normalized spacial score (nSPS) is 13.1. The first-order valence-corrected chi connectivity index (χ1v) is 9.11. The van der Waals surface area contributed by atoms with Gasteiger partial charge in [0, 0.05) is 11.1 Å². The summed E-state index contributed by atoms with van der Waals surface area (Å²) >= 11 is 11.9. The molecule has 0 aliphatic rings. The fraction of sp³-hybridized carbons (Fsp3) is 0.250. The predicted octanol–water partition coefficient (Wildman–Crippen LogP) is 4.73. The Morgan fingerprint density at radius 1 is 1.09 bits per heavy atom. The second-order valence-corrected chi connectivity index (χ2v) is 7.59. The number of benzene rings is 2. The van der Waals surface area contributed by atoms with Crippen molar-refractivity contribution in [1.29, 1.82) is 0 Å². The molecule has 0 unspecified atom stereocenters. The Kier molecular flexibility index (Phi) is 5.50. The number of halogens is 2. The van der Waals surface area contributed by atoms with Gasteiger partial charge in [-0.2, -0.15) is 0 Å². The van der Waals surface area contributed by atoms with E-state index in [0.717, 1.165) is 11.1 Å². The van der Waals surface area contributed by atoms with Gasteiger partial charge in [-0.1, -0.05) is 60.0 Å². The number of hydrogen-bond donors (Lipinski definition) is 1. The summed E-state index contributed by atoms with van der Waals surface area (Å²) in [5.41, 5.74) is 2.04. The second kappa shape index (κ2) is 7.01. The number of hydrogen-bond acceptors (Lipinski definition) is 2. The lowest BCUT2D eigenvalue weighted by atomic mass is 10.0.